The molecule has 1 saturated heterocycles. The van der Waals surface area contributed by atoms with Crippen molar-refractivity contribution in [1.29, 1.82) is 0 Å². The molecule has 2 rings (SSSR count). The van der Waals surface area contributed by atoms with Crippen LogP contribution in [0.2, 0.25) is 0 Å². The van der Waals surface area contributed by atoms with Gasteiger partial charge in [0, 0.05) is 25.2 Å². The number of benzene rings is 1. The minimum atomic E-state index is 0.0254. The molecule has 1 aliphatic heterocycles. The molecule has 2 amide bonds. The van der Waals surface area contributed by atoms with Crippen LogP contribution in [0.4, 0.5) is 4.79 Å². The van der Waals surface area contributed by atoms with E-state index in [9.17, 15) is 4.79 Å². The lowest BCUT2D eigenvalue weighted by atomic mass is 10.0. The van der Waals surface area contributed by atoms with Crippen LogP contribution >= 0.6 is 0 Å². The predicted octanol–water partition coefficient (Wildman–Crippen LogP) is 2.64. The fraction of sp³-hybridized carbons (Fsp3) is 0.533. The van der Waals surface area contributed by atoms with Gasteiger partial charge in [0.15, 0.2) is 0 Å². The summed E-state index contributed by atoms with van der Waals surface area (Å²) in [6.45, 7) is 4.42. The highest BCUT2D eigenvalue weighted by molar-refractivity contribution is 5.74. The van der Waals surface area contributed by atoms with Crippen LogP contribution in [0.3, 0.4) is 0 Å². The lowest BCUT2D eigenvalue weighted by Crippen LogP contribution is -2.44. The maximum atomic E-state index is 12.1. The van der Waals surface area contributed by atoms with Crippen molar-refractivity contribution >= 4 is 6.03 Å². The van der Waals surface area contributed by atoms with Gasteiger partial charge in [-0.2, -0.15) is 0 Å². The van der Waals surface area contributed by atoms with E-state index in [0.29, 0.717) is 12.5 Å². The van der Waals surface area contributed by atoms with E-state index in [0.717, 1.165) is 30.8 Å². The molecule has 4 nitrogen and oxygen atoms in total. The summed E-state index contributed by atoms with van der Waals surface area (Å²) >= 11 is 0. The molecular formula is C15H22N2O2. The van der Waals surface area contributed by atoms with Crippen LogP contribution in [0.15, 0.2) is 24.3 Å². The van der Waals surface area contributed by atoms with Gasteiger partial charge in [-0.25, -0.2) is 4.79 Å². The fourth-order valence-corrected chi connectivity index (χ4v) is 2.51. The van der Waals surface area contributed by atoms with Gasteiger partial charge in [0.05, 0.1) is 7.11 Å². The Morgan fingerprint density at radius 3 is 3.00 bits per heavy atom. The number of para-hydroxylation sites is 1. The standard InChI is InChI=1S/C15H22N2O2/c1-12-6-5-9-17(11-12)15(18)16-10-13-7-3-4-8-14(13)19-2/h3-4,7-8,12H,5-6,9-11H2,1-2H3,(H,16,18). The number of amides is 2. The molecular weight excluding hydrogens is 240 g/mol. The Balaban J connectivity index is 1.89. The van der Waals surface area contributed by atoms with Gasteiger partial charge in [-0.3, -0.25) is 0 Å². The zero-order chi connectivity index (χ0) is 13.7. The lowest BCUT2D eigenvalue weighted by molar-refractivity contribution is 0.169. The molecule has 0 aromatic heterocycles. The van der Waals surface area contributed by atoms with Gasteiger partial charge in [-0.15, -0.1) is 0 Å². The molecule has 1 heterocycles. The Labute approximate surface area is 114 Å². The van der Waals surface area contributed by atoms with E-state index in [1.165, 1.54) is 6.42 Å². The summed E-state index contributed by atoms with van der Waals surface area (Å²) in [4.78, 5) is 14.0. The number of nitrogens with one attached hydrogen (secondary N) is 1. The fourth-order valence-electron chi connectivity index (χ4n) is 2.51. The second-order valence-corrected chi connectivity index (χ2v) is 5.16. The predicted molar refractivity (Wildman–Crippen MR) is 75.2 cm³/mol. The third-order valence-electron chi connectivity index (χ3n) is 3.57. The molecule has 19 heavy (non-hydrogen) atoms. The minimum Gasteiger partial charge on any atom is -0.496 e. The number of piperidine rings is 1. The zero-order valence-electron chi connectivity index (χ0n) is 11.7. The highest BCUT2D eigenvalue weighted by Crippen LogP contribution is 2.18. The zero-order valence-corrected chi connectivity index (χ0v) is 11.7. The van der Waals surface area contributed by atoms with Crippen molar-refractivity contribution in [2.45, 2.75) is 26.3 Å². The topological polar surface area (TPSA) is 41.6 Å². The summed E-state index contributed by atoms with van der Waals surface area (Å²) in [7, 11) is 1.65. The molecule has 4 heteroatoms. The van der Waals surface area contributed by atoms with Crippen molar-refractivity contribution < 1.29 is 9.53 Å². The highest BCUT2D eigenvalue weighted by Gasteiger charge is 2.20. The number of rotatable bonds is 3. The molecule has 0 bridgehead atoms. The van der Waals surface area contributed by atoms with Gasteiger partial charge < -0.3 is 15.0 Å². The van der Waals surface area contributed by atoms with E-state index >= 15 is 0 Å². The number of hydrogen-bond donors (Lipinski definition) is 1. The molecule has 104 valence electrons. The molecule has 1 aromatic carbocycles. The highest BCUT2D eigenvalue weighted by atomic mass is 16.5. The van der Waals surface area contributed by atoms with E-state index in [2.05, 4.69) is 12.2 Å². The number of carbonyl (C=O) groups excluding carboxylic acids is 1. The van der Waals surface area contributed by atoms with Crippen LogP contribution in [0.25, 0.3) is 0 Å². The van der Waals surface area contributed by atoms with Gasteiger partial charge in [0.2, 0.25) is 0 Å². The number of carbonyl (C=O) groups is 1. The van der Waals surface area contributed by atoms with Crippen molar-refractivity contribution in [3.63, 3.8) is 0 Å². The summed E-state index contributed by atoms with van der Waals surface area (Å²) in [5.74, 6) is 1.42. The molecule has 1 fully saturated rings. The van der Waals surface area contributed by atoms with Crippen LogP contribution in [0, 0.1) is 5.92 Å². The van der Waals surface area contributed by atoms with Crippen molar-refractivity contribution in [2.24, 2.45) is 5.92 Å². The molecule has 1 unspecified atom stereocenters. The minimum absolute atomic E-state index is 0.0254. The van der Waals surface area contributed by atoms with Gasteiger partial charge >= 0.3 is 6.03 Å². The summed E-state index contributed by atoms with van der Waals surface area (Å²) < 4.78 is 5.28. The van der Waals surface area contributed by atoms with Crippen molar-refractivity contribution in [1.82, 2.24) is 10.2 Å². The molecule has 1 N–H and O–H groups in total. The first-order valence-electron chi connectivity index (χ1n) is 6.85. The number of urea groups is 1. The monoisotopic (exact) mass is 262 g/mol. The van der Waals surface area contributed by atoms with Crippen LogP contribution < -0.4 is 10.1 Å². The van der Waals surface area contributed by atoms with E-state index < -0.39 is 0 Å². The SMILES string of the molecule is COc1ccccc1CNC(=O)N1CCCC(C)C1. The lowest BCUT2D eigenvalue weighted by Gasteiger charge is -2.31. The first-order chi connectivity index (χ1) is 9.20. The van der Waals surface area contributed by atoms with E-state index in [4.69, 9.17) is 4.74 Å². The van der Waals surface area contributed by atoms with E-state index in [-0.39, 0.29) is 6.03 Å². The van der Waals surface area contributed by atoms with Crippen molar-refractivity contribution in [3.05, 3.63) is 29.8 Å². The summed E-state index contributed by atoms with van der Waals surface area (Å²) in [5.41, 5.74) is 1.00. The Bertz CT molecular complexity index is 434. The van der Waals surface area contributed by atoms with Gasteiger partial charge in [0.25, 0.3) is 0 Å². The summed E-state index contributed by atoms with van der Waals surface area (Å²) in [6, 6.07) is 7.78. The molecule has 0 spiro atoms. The third kappa shape index (κ3) is 3.63. The maximum absolute atomic E-state index is 12.1. The van der Waals surface area contributed by atoms with Crippen LogP contribution in [-0.2, 0) is 6.54 Å². The summed E-state index contributed by atoms with van der Waals surface area (Å²) in [5, 5.41) is 2.97. The summed E-state index contributed by atoms with van der Waals surface area (Å²) in [6.07, 6.45) is 2.32. The maximum Gasteiger partial charge on any atom is 0.317 e. The number of methoxy groups -OCH3 is 1. The molecule has 1 aliphatic rings. The number of likely N-dealkylation sites (tertiary alicyclic amines) is 1. The number of ether oxygens (including phenoxy) is 1. The third-order valence-corrected chi connectivity index (χ3v) is 3.57. The van der Waals surface area contributed by atoms with Crippen LogP contribution in [0.1, 0.15) is 25.3 Å². The van der Waals surface area contributed by atoms with E-state index in [1.807, 2.05) is 29.2 Å². The van der Waals surface area contributed by atoms with Crippen LogP contribution in [-0.4, -0.2) is 31.1 Å². The Morgan fingerprint density at radius 2 is 2.26 bits per heavy atom. The smallest absolute Gasteiger partial charge is 0.317 e. The first-order valence-corrected chi connectivity index (χ1v) is 6.85. The Hall–Kier alpha value is -1.71. The molecule has 1 atom stereocenters. The first kappa shape index (κ1) is 13.7. The quantitative estimate of drug-likeness (QED) is 0.910. The van der Waals surface area contributed by atoms with Gasteiger partial charge in [-0.05, 0) is 24.8 Å². The second-order valence-electron chi connectivity index (χ2n) is 5.16. The number of nitrogens with zero attached hydrogens (tertiary/aromatic N) is 1. The van der Waals surface area contributed by atoms with Crippen LogP contribution in [0.5, 0.6) is 5.75 Å². The van der Waals surface area contributed by atoms with Gasteiger partial charge in [-0.1, -0.05) is 25.1 Å². The van der Waals surface area contributed by atoms with Crippen molar-refractivity contribution in [3.8, 4) is 5.75 Å². The number of hydrogen-bond acceptors (Lipinski definition) is 2. The Morgan fingerprint density at radius 1 is 1.47 bits per heavy atom. The molecule has 0 saturated carbocycles. The normalized spacial score (nSPS) is 19.1. The molecule has 1 aromatic rings. The second kappa shape index (κ2) is 6.45. The van der Waals surface area contributed by atoms with Gasteiger partial charge in [0.1, 0.15) is 5.75 Å². The average Bonchev–Trinajstić information content (AvgIpc) is 2.45. The van der Waals surface area contributed by atoms with E-state index in [1.54, 1.807) is 7.11 Å². The Kier molecular flexibility index (Phi) is 4.66. The molecule has 0 aliphatic carbocycles. The average molecular weight is 262 g/mol. The molecule has 0 radical (unpaired) electrons. The van der Waals surface area contributed by atoms with Crippen molar-refractivity contribution in [2.75, 3.05) is 20.2 Å². The largest absolute Gasteiger partial charge is 0.496 e.